The molecule has 1 unspecified atom stereocenters. The first kappa shape index (κ1) is 29.3. The second-order valence-electron chi connectivity index (χ2n) is 11.1. The summed E-state index contributed by atoms with van der Waals surface area (Å²) in [7, 11) is 0. The first-order valence-electron chi connectivity index (χ1n) is 14.3. The van der Waals surface area contributed by atoms with E-state index < -0.39 is 17.7 Å². The van der Waals surface area contributed by atoms with Crippen LogP contribution in [0.3, 0.4) is 0 Å². The summed E-state index contributed by atoms with van der Waals surface area (Å²) < 4.78 is 19.8. The molecule has 0 radical (unpaired) electrons. The molecule has 3 aromatic carbocycles. The van der Waals surface area contributed by atoms with Crippen LogP contribution >= 0.6 is 0 Å². The van der Waals surface area contributed by atoms with Crippen LogP contribution < -0.4 is 10.3 Å². The normalized spacial score (nSPS) is 18.0. The van der Waals surface area contributed by atoms with Crippen molar-refractivity contribution in [3.8, 4) is 11.8 Å². The molecule has 0 saturated carbocycles. The summed E-state index contributed by atoms with van der Waals surface area (Å²) in [4.78, 5) is 13.6. The number of nitriles is 1. The van der Waals surface area contributed by atoms with E-state index in [0.717, 1.165) is 23.1 Å². The number of nitrogens with zero attached hydrogens (tertiary/aromatic N) is 2. The molecule has 42 heavy (non-hydrogen) atoms. The van der Waals surface area contributed by atoms with Gasteiger partial charge in [-0.25, -0.2) is 0 Å². The van der Waals surface area contributed by atoms with Crippen LogP contribution in [0.4, 0.5) is 0 Å². The molecule has 0 saturated heterocycles. The average molecular weight is 565 g/mol. The fourth-order valence-electron chi connectivity index (χ4n) is 5.33. The van der Waals surface area contributed by atoms with Gasteiger partial charge in [0, 0.05) is 24.4 Å². The van der Waals surface area contributed by atoms with Gasteiger partial charge in [0.1, 0.15) is 17.5 Å². The number of hydrogen-bond acceptors (Lipinski definition) is 6. The average Bonchev–Trinajstić information content (AvgIpc) is 3.00. The zero-order valence-electron chi connectivity index (χ0n) is 24.0. The molecule has 5 rings (SSSR count). The molecule has 1 aromatic heterocycles. The van der Waals surface area contributed by atoms with Gasteiger partial charge in [-0.2, -0.15) is 5.26 Å². The Morgan fingerprint density at radius 2 is 1.67 bits per heavy atom. The summed E-state index contributed by atoms with van der Waals surface area (Å²) >= 11 is 0. The molecule has 0 amide bonds. The van der Waals surface area contributed by atoms with Crippen LogP contribution in [0.15, 0.2) is 102 Å². The second-order valence-corrected chi connectivity index (χ2v) is 11.1. The van der Waals surface area contributed by atoms with Gasteiger partial charge in [0.15, 0.2) is 0 Å². The number of rotatable bonds is 11. The first-order chi connectivity index (χ1) is 20.4. The number of aliphatic hydroxyl groups is 1. The molecule has 0 spiro atoms. The van der Waals surface area contributed by atoms with E-state index in [1.807, 2.05) is 66.7 Å². The molecule has 0 fully saturated rings. The van der Waals surface area contributed by atoms with Gasteiger partial charge < -0.3 is 23.9 Å². The van der Waals surface area contributed by atoms with E-state index in [0.29, 0.717) is 43.1 Å². The molecule has 7 heteroatoms. The molecule has 3 atom stereocenters. The van der Waals surface area contributed by atoms with Crippen molar-refractivity contribution < 1.29 is 19.3 Å². The van der Waals surface area contributed by atoms with Crippen molar-refractivity contribution in [1.29, 1.82) is 5.26 Å². The van der Waals surface area contributed by atoms with Gasteiger partial charge in [-0.15, -0.1) is 0 Å². The van der Waals surface area contributed by atoms with Crippen molar-refractivity contribution in [2.45, 2.75) is 63.8 Å². The van der Waals surface area contributed by atoms with E-state index in [-0.39, 0.29) is 11.7 Å². The number of pyridine rings is 1. The van der Waals surface area contributed by atoms with Crippen LogP contribution in [-0.2, 0) is 22.7 Å². The minimum Gasteiger partial charge on any atom is -0.485 e. The molecule has 1 aliphatic heterocycles. The highest BCUT2D eigenvalue weighted by Crippen LogP contribution is 2.42. The van der Waals surface area contributed by atoms with Crippen molar-refractivity contribution in [2.75, 3.05) is 6.61 Å². The van der Waals surface area contributed by atoms with Gasteiger partial charge in [0.2, 0.25) is 0 Å². The van der Waals surface area contributed by atoms with E-state index in [9.17, 15) is 15.2 Å². The molecule has 1 aliphatic rings. The number of hydrogen-bond donors (Lipinski definition) is 1. The minimum atomic E-state index is -1.02. The van der Waals surface area contributed by atoms with E-state index >= 15 is 0 Å². The highest BCUT2D eigenvalue weighted by molar-refractivity contribution is 5.47. The monoisotopic (exact) mass is 564 g/mol. The molecule has 1 N–H and O–H groups in total. The predicted octanol–water partition coefficient (Wildman–Crippen LogP) is 6.10. The van der Waals surface area contributed by atoms with Crippen LogP contribution in [0.25, 0.3) is 0 Å². The zero-order chi connectivity index (χ0) is 29.5. The standard InChI is InChI=1S/C35H36N2O5/c1-35(2)34(39)33(29-20-27(22-36)15-16-31(29)42-35)37-18-17-28(21-32(37)38)30(41-24-26-12-7-4-8-13-26)14-9-19-40-23-25-10-5-3-6-11-25/h3-8,10-13,15-18,20-21,30,33-34,39H,9,14,19,23-24H2,1-2H3/t30?,33-,34+/m1/s1. The largest absolute Gasteiger partial charge is 0.485 e. The Balaban J connectivity index is 1.37. The van der Waals surface area contributed by atoms with Crippen molar-refractivity contribution >= 4 is 0 Å². The third-order valence-electron chi connectivity index (χ3n) is 7.65. The number of aromatic nitrogens is 1. The molecule has 0 bridgehead atoms. The van der Waals surface area contributed by atoms with E-state index in [1.54, 1.807) is 44.3 Å². The SMILES string of the molecule is CC1(C)Oc2ccc(C#N)cc2[C@@H](n2ccc(C(CCCOCc3ccccc3)OCc3ccccc3)cc2=O)[C@@H]1O. The summed E-state index contributed by atoms with van der Waals surface area (Å²) in [5, 5.41) is 20.8. The van der Waals surface area contributed by atoms with E-state index in [2.05, 4.69) is 6.07 Å². The van der Waals surface area contributed by atoms with Crippen molar-refractivity contribution in [3.63, 3.8) is 0 Å². The lowest BCUT2D eigenvalue weighted by Crippen LogP contribution is -2.52. The fraction of sp³-hybridized carbons (Fsp3) is 0.314. The third-order valence-corrected chi connectivity index (χ3v) is 7.65. The Morgan fingerprint density at radius 1 is 0.976 bits per heavy atom. The Hall–Kier alpha value is -4.22. The molecule has 0 aliphatic carbocycles. The first-order valence-corrected chi connectivity index (χ1v) is 14.3. The van der Waals surface area contributed by atoms with Crippen LogP contribution in [-0.4, -0.2) is 28.0 Å². The molecule has 216 valence electrons. The summed E-state index contributed by atoms with van der Waals surface area (Å²) in [5.74, 6) is 0.546. The lowest BCUT2D eigenvalue weighted by atomic mass is 9.85. The van der Waals surface area contributed by atoms with Crippen LogP contribution in [0.2, 0.25) is 0 Å². The maximum Gasteiger partial charge on any atom is 0.251 e. The van der Waals surface area contributed by atoms with Crippen LogP contribution in [0.1, 0.15) is 66.7 Å². The molecular weight excluding hydrogens is 528 g/mol. The molecule has 7 nitrogen and oxygen atoms in total. The topological polar surface area (TPSA) is 93.7 Å². The summed E-state index contributed by atoms with van der Waals surface area (Å²) in [5.41, 5.74) is 2.77. The second kappa shape index (κ2) is 13.2. The highest BCUT2D eigenvalue weighted by Gasteiger charge is 2.44. The number of ether oxygens (including phenoxy) is 3. The Bertz CT molecular complexity index is 1580. The summed E-state index contributed by atoms with van der Waals surface area (Å²) in [6.45, 7) is 5.11. The summed E-state index contributed by atoms with van der Waals surface area (Å²) in [6.07, 6.45) is 1.80. The van der Waals surface area contributed by atoms with E-state index in [4.69, 9.17) is 14.2 Å². The quantitative estimate of drug-likeness (QED) is 0.221. The zero-order valence-corrected chi connectivity index (χ0v) is 24.0. The number of aliphatic hydroxyl groups excluding tert-OH is 1. The van der Waals surface area contributed by atoms with Gasteiger partial charge in [-0.05, 0) is 67.6 Å². The molecule has 2 heterocycles. The fourth-order valence-corrected chi connectivity index (χ4v) is 5.33. The van der Waals surface area contributed by atoms with Crippen LogP contribution in [0.5, 0.6) is 5.75 Å². The third kappa shape index (κ3) is 6.80. The van der Waals surface area contributed by atoms with Crippen LogP contribution in [0, 0.1) is 11.3 Å². The highest BCUT2D eigenvalue weighted by atomic mass is 16.5. The number of fused-ring (bicyclic) bond motifs is 1. The maximum absolute atomic E-state index is 13.6. The van der Waals surface area contributed by atoms with Gasteiger partial charge in [-0.3, -0.25) is 4.79 Å². The molecular formula is C35H36N2O5. The number of benzene rings is 3. The molecule has 4 aromatic rings. The maximum atomic E-state index is 13.6. The lowest BCUT2D eigenvalue weighted by molar-refractivity contribution is -0.0643. The Labute approximate surface area is 246 Å². The lowest BCUT2D eigenvalue weighted by Gasteiger charge is -2.42. The van der Waals surface area contributed by atoms with Gasteiger partial charge >= 0.3 is 0 Å². The van der Waals surface area contributed by atoms with Crippen molar-refractivity contribution in [3.05, 3.63) is 135 Å². The van der Waals surface area contributed by atoms with Gasteiger partial charge in [0.05, 0.1) is 37.0 Å². The Kier molecular flexibility index (Phi) is 9.19. The predicted molar refractivity (Wildman–Crippen MR) is 160 cm³/mol. The van der Waals surface area contributed by atoms with E-state index in [1.165, 1.54) is 4.57 Å². The summed E-state index contributed by atoms with van der Waals surface area (Å²) in [6, 6.07) is 30.0. The van der Waals surface area contributed by atoms with Gasteiger partial charge in [-0.1, -0.05) is 60.7 Å². The smallest absolute Gasteiger partial charge is 0.251 e. The minimum absolute atomic E-state index is 0.267. The Morgan fingerprint density at radius 3 is 2.33 bits per heavy atom. The van der Waals surface area contributed by atoms with Crippen molar-refractivity contribution in [1.82, 2.24) is 4.57 Å². The van der Waals surface area contributed by atoms with Gasteiger partial charge in [0.25, 0.3) is 5.56 Å². The van der Waals surface area contributed by atoms with Crippen molar-refractivity contribution in [2.24, 2.45) is 0 Å².